The van der Waals surface area contributed by atoms with Gasteiger partial charge in [0.15, 0.2) is 0 Å². The molecule has 3 aliphatic rings. The molecule has 3 aliphatic carbocycles. The second kappa shape index (κ2) is 5.32. The molecule has 0 fully saturated rings. The molecule has 34 heavy (non-hydrogen) atoms. The van der Waals surface area contributed by atoms with Crippen LogP contribution in [0.5, 0.6) is 0 Å². The van der Waals surface area contributed by atoms with Crippen molar-refractivity contribution in [2.24, 2.45) is 0 Å². The molecule has 0 unspecified atom stereocenters. The van der Waals surface area contributed by atoms with E-state index in [1.165, 1.54) is 60.0 Å². The lowest BCUT2D eigenvalue weighted by Gasteiger charge is -2.13. The third kappa shape index (κ3) is 1.69. The number of nitrogens with zero attached hydrogens (tertiary/aromatic N) is 1. The van der Waals surface area contributed by atoms with Gasteiger partial charge in [-0.1, -0.05) is 42.5 Å². The fourth-order valence-electron chi connectivity index (χ4n) is 7.46. The van der Waals surface area contributed by atoms with Crippen molar-refractivity contribution in [3.8, 4) is 11.1 Å². The Bertz CT molecular complexity index is 2110. The lowest BCUT2D eigenvalue weighted by Crippen LogP contribution is -1.91. The molecule has 2 heterocycles. The van der Waals surface area contributed by atoms with Gasteiger partial charge in [-0.2, -0.15) is 0 Å². The van der Waals surface area contributed by atoms with E-state index < -0.39 is 0 Å². The van der Waals surface area contributed by atoms with Crippen molar-refractivity contribution in [3.05, 3.63) is 100 Å². The first-order valence-electron chi connectivity index (χ1n) is 12.1. The Labute approximate surface area is 199 Å². The molecule has 0 amide bonds. The number of thiophene rings is 1. The molecular formula is C32H17NS. The average Bonchev–Trinajstić information content (AvgIpc) is 3.61. The molecular weight excluding hydrogens is 430 g/mol. The molecule has 0 bridgehead atoms. The van der Waals surface area contributed by atoms with Crippen molar-refractivity contribution in [3.63, 3.8) is 0 Å². The third-order valence-corrected chi connectivity index (χ3v) is 9.88. The lowest BCUT2D eigenvalue weighted by atomic mass is 9.90. The van der Waals surface area contributed by atoms with Crippen LogP contribution in [-0.2, 0) is 19.3 Å². The predicted molar refractivity (Wildman–Crippen MR) is 143 cm³/mol. The summed E-state index contributed by atoms with van der Waals surface area (Å²) in [6.45, 7) is 0. The van der Waals surface area contributed by atoms with Gasteiger partial charge in [-0.3, -0.25) is 0 Å². The molecule has 2 heteroatoms. The van der Waals surface area contributed by atoms with Crippen LogP contribution in [0.3, 0.4) is 0 Å². The monoisotopic (exact) mass is 447 g/mol. The molecule has 0 saturated carbocycles. The van der Waals surface area contributed by atoms with E-state index >= 15 is 0 Å². The normalized spacial score (nSPS) is 14.7. The zero-order valence-electron chi connectivity index (χ0n) is 18.3. The minimum atomic E-state index is 1.04. The van der Waals surface area contributed by atoms with Gasteiger partial charge in [-0.25, -0.2) is 4.98 Å². The summed E-state index contributed by atoms with van der Waals surface area (Å²) in [6, 6.07) is 23.3. The van der Waals surface area contributed by atoms with E-state index in [1.807, 2.05) is 17.5 Å². The SMILES string of the molecule is c1cnc2sc3c(-c4cc5c6c7c(ccc8c7c7c(ccc9c7c6c4C9)C8)C5)cccc3c2c1. The second-order valence-corrected chi connectivity index (χ2v) is 11.2. The first-order valence-corrected chi connectivity index (χ1v) is 12.9. The van der Waals surface area contributed by atoms with Crippen molar-refractivity contribution in [2.75, 3.05) is 0 Å². The zero-order chi connectivity index (χ0) is 21.7. The van der Waals surface area contributed by atoms with Crippen LogP contribution in [0.15, 0.2) is 66.9 Å². The number of rotatable bonds is 1. The van der Waals surface area contributed by atoms with E-state index in [0.29, 0.717) is 0 Å². The van der Waals surface area contributed by atoms with Crippen LogP contribution < -0.4 is 0 Å². The van der Waals surface area contributed by atoms with Gasteiger partial charge in [-0.15, -0.1) is 11.3 Å². The van der Waals surface area contributed by atoms with Gasteiger partial charge in [-0.05, 0) is 114 Å². The van der Waals surface area contributed by atoms with Crippen molar-refractivity contribution >= 4 is 64.0 Å². The highest BCUT2D eigenvalue weighted by Crippen LogP contribution is 2.55. The van der Waals surface area contributed by atoms with Gasteiger partial charge in [0, 0.05) is 21.7 Å². The second-order valence-electron chi connectivity index (χ2n) is 10.3. The zero-order valence-corrected chi connectivity index (χ0v) is 19.1. The third-order valence-electron chi connectivity index (χ3n) is 8.72. The molecule has 0 spiro atoms. The summed E-state index contributed by atoms with van der Waals surface area (Å²) < 4.78 is 1.37. The number of hydrogen-bond acceptors (Lipinski definition) is 2. The van der Waals surface area contributed by atoms with E-state index in [4.69, 9.17) is 0 Å². The maximum Gasteiger partial charge on any atom is 0.124 e. The largest absolute Gasteiger partial charge is 0.245 e. The summed E-state index contributed by atoms with van der Waals surface area (Å²) in [7, 11) is 0. The first-order chi connectivity index (χ1) is 16.8. The quantitative estimate of drug-likeness (QED) is 0.231. The fraction of sp³-hybridized carbons (Fsp3) is 0.0938. The van der Waals surface area contributed by atoms with E-state index in [2.05, 4.69) is 65.6 Å². The average molecular weight is 448 g/mol. The Kier molecular flexibility index (Phi) is 2.63. The predicted octanol–water partition coefficient (Wildman–Crippen LogP) is 8.29. The molecule has 0 atom stereocenters. The Hall–Kier alpha value is -3.75. The van der Waals surface area contributed by atoms with Crippen LogP contribution in [0.4, 0.5) is 0 Å². The van der Waals surface area contributed by atoms with Crippen molar-refractivity contribution < 1.29 is 0 Å². The maximum absolute atomic E-state index is 4.68. The van der Waals surface area contributed by atoms with Crippen LogP contribution in [0, 0.1) is 0 Å². The molecule has 0 aliphatic heterocycles. The van der Waals surface area contributed by atoms with Gasteiger partial charge in [0.2, 0.25) is 0 Å². The Morgan fingerprint density at radius 2 is 1.21 bits per heavy atom. The summed E-state index contributed by atoms with van der Waals surface area (Å²) >= 11 is 1.84. The molecule has 2 aromatic heterocycles. The molecule has 7 aromatic rings. The van der Waals surface area contributed by atoms with Gasteiger partial charge < -0.3 is 0 Å². The van der Waals surface area contributed by atoms with Crippen LogP contribution >= 0.6 is 11.3 Å². The summed E-state index contributed by atoms with van der Waals surface area (Å²) in [5, 5.41) is 12.0. The fourth-order valence-corrected chi connectivity index (χ4v) is 8.63. The van der Waals surface area contributed by atoms with Crippen molar-refractivity contribution in [1.82, 2.24) is 4.98 Å². The van der Waals surface area contributed by atoms with E-state index in [0.717, 1.165) is 24.1 Å². The number of aromatic nitrogens is 1. The molecule has 0 radical (unpaired) electrons. The van der Waals surface area contributed by atoms with E-state index in [1.54, 1.807) is 32.3 Å². The van der Waals surface area contributed by atoms with Crippen molar-refractivity contribution in [1.29, 1.82) is 0 Å². The minimum Gasteiger partial charge on any atom is -0.245 e. The van der Waals surface area contributed by atoms with Crippen molar-refractivity contribution in [2.45, 2.75) is 19.3 Å². The summed E-state index contributed by atoms with van der Waals surface area (Å²) in [5.41, 5.74) is 12.0. The minimum absolute atomic E-state index is 1.04. The number of benzene rings is 5. The Morgan fingerprint density at radius 3 is 2.00 bits per heavy atom. The molecule has 0 N–H and O–H groups in total. The highest BCUT2D eigenvalue weighted by atomic mass is 32.1. The molecule has 0 saturated heterocycles. The van der Waals surface area contributed by atoms with E-state index in [-0.39, 0.29) is 0 Å². The van der Waals surface area contributed by atoms with Gasteiger partial charge in [0.1, 0.15) is 4.83 Å². The summed E-state index contributed by atoms with van der Waals surface area (Å²) in [4.78, 5) is 5.82. The van der Waals surface area contributed by atoms with Crippen LogP contribution in [0.1, 0.15) is 33.4 Å². The summed E-state index contributed by atoms with van der Waals surface area (Å²) in [6.07, 6.45) is 5.10. The molecule has 1 nitrogen and oxygen atoms in total. The van der Waals surface area contributed by atoms with Gasteiger partial charge in [0.25, 0.3) is 0 Å². The Morgan fingerprint density at radius 1 is 0.559 bits per heavy atom. The number of hydrogen-bond donors (Lipinski definition) is 0. The molecule has 5 aromatic carbocycles. The van der Waals surface area contributed by atoms with Crippen LogP contribution in [0.25, 0.3) is 63.7 Å². The molecule has 156 valence electrons. The van der Waals surface area contributed by atoms with Gasteiger partial charge in [0.05, 0.1) is 0 Å². The van der Waals surface area contributed by atoms with Crippen LogP contribution in [0.2, 0.25) is 0 Å². The lowest BCUT2D eigenvalue weighted by molar-refractivity contribution is 1.24. The number of fused-ring (bicyclic) bond motifs is 3. The van der Waals surface area contributed by atoms with Gasteiger partial charge >= 0.3 is 0 Å². The smallest absolute Gasteiger partial charge is 0.124 e. The molecule has 10 rings (SSSR count). The van der Waals surface area contributed by atoms with Crippen LogP contribution in [-0.4, -0.2) is 4.98 Å². The topological polar surface area (TPSA) is 12.9 Å². The first kappa shape index (κ1) is 16.8. The summed E-state index contributed by atoms with van der Waals surface area (Å²) in [5.74, 6) is 0. The highest BCUT2D eigenvalue weighted by Gasteiger charge is 2.33. The number of pyridine rings is 1. The highest BCUT2D eigenvalue weighted by molar-refractivity contribution is 7.26. The van der Waals surface area contributed by atoms with E-state index in [9.17, 15) is 0 Å². The maximum atomic E-state index is 4.68. The standard InChI is InChI=1S/C32H17NS/c1-3-20-22-5-2-10-33-32(22)34-31(20)21(4-1)23-14-19-12-17-7-6-15-11-16-8-9-18-13-24(23)30-28(18)26(16)25(15)27(17)29(19)30/h1-10,14H,11-13H2. The Balaban J connectivity index is 1.43.